The zero-order valence-corrected chi connectivity index (χ0v) is 23.4. The van der Waals surface area contributed by atoms with Gasteiger partial charge in [-0.1, -0.05) is 44.2 Å². The first-order valence-electron chi connectivity index (χ1n) is 12.4. The van der Waals surface area contributed by atoms with E-state index in [1.165, 1.54) is 25.2 Å². The second-order valence-electron chi connectivity index (χ2n) is 8.87. The van der Waals surface area contributed by atoms with E-state index < -0.39 is 28.5 Å². The first-order chi connectivity index (χ1) is 17.5. The van der Waals surface area contributed by atoms with Gasteiger partial charge in [-0.25, -0.2) is 8.42 Å². The fourth-order valence-corrected chi connectivity index (χ4v) is 4.77. The van der Waals surface area contributed by atoms with Crippen molar-refractivity contribution in [2.75, 3.05) is 37.9 Å². The average molecular weight is 534 g/mol. The third kappa shape index (κ3) is 8.38. The van der Waals surface area contributed by atoms with Gasteiger partial charge in [0.2, 0.25) is 21.8 Å². The Balaban J connectivity index is 2.45. The van der Waals surface area contributed by atoms with Crippen LogP contribution < -0.4 is 19.1 Å². The number of hydrogen-bond acceptors (Lipinski definition) is 6. The topological polar surface area (TPSA) is 105 Å². The second kappa shape index (κ2) is 13.9. The molecule has 0 aliphatic heterocycles. The minimum atomic E-state index is -3.90. The quantitative estimate of drug-likeness (QED) is 0.400. The summed E-state index contributed by atoms with van der Waals surface area (Å²) in [5.74, 6) is -0.0610. The summed E-state index contributed by atoms with van der Waals surface area (Å²) in [7, 11) is -1.01. The first-order valence-corrected chi connectivity index (χ1v) is 14.2. The second-order valence-corrected chi connectivity index (χ2v) is 10.8. The van der Waals surface area contributed by atoms with Crippen LogP contribution in [0.2, 0.25) is 0 Å². The number of nitrogens with zero attached hydrogens (tertiary/aromatic N) is 2. The number of carbonyl (C=O) groups is 2. The van der Waals surface area contributed by atoms with Crippen molar-refractivity contribution >= 4 is 27.5 Å². The highest BCUT2D eigenvalue weighted by molar-refractivity contribution is 7.92. The van der Waals surface area contributed by atoms with Crippen molar-refractivity contribution < 1.29 is 27.5 Å². The number of ether oxygens (including phenoxy) is 2. The minimum absolute atomic E-state index is 0.0545. The molecular formula is C27H39N3O6S. The maximum absolute atomic E-state index is 13.8. The summed E-state index contributed by atoms with van der Waals surface area (Å²) in [6.07, 6.45) is 2.67. The van der Waals surface area contributed by atoms with Crippen LogP contribution in [0.4, 0.5) is 5.69 Å². The Morgan fingerprint density at radius 2 is 1.68 bits per heavy atom. The molecule has 2 atom stereocenters. The standard InChI is InChI=1S/C27H39N3O6S/c1-7-20(3)28-27(32)23(8-2)29(17-16-21-12-10-9-11-13-21)26(31)19-30(37(6,33)34)24-18-22(35-4)14-15-25(24)36-5/h9-15,18,20,23H,7-8,16-17,19H2,1-6H3,(H,28,32)/t20-,23-/m1/s1. The van der Waals surface area contributed by atoms with Crippen LogP contribution in [0.15, 0.2) is 48.5 Å². The molecule has 0 saturated heterocycles. The highest BCUT2D eigenvalue weighted by Gasteiger charge is 2.32. The number of nitrogens with one attached hydrogen (secondary N) is 1. The van der Waals surface area contributed by atoms with Crippen LogP contribution in [0.3, 0.4) is 0 Å². The predicted octanol–water partition coefficient (Wildman–Crippen LogP) is 3.23. The number of anilines is 1. The molecule has 0 saturated carbocycles. The number of amides is 2. The molecule has 0 radical (unpaired) electrons. The van der Waals surface area contributed by atoms with Crippen LogP contribution in [0.5, 0.6) is 11.5 Å². The van der Waals surface area contributed by atoms with Gasteiger partial charge in [0.15, 0.2) is 0 Å². The van der Waals surface area contributed by atoms with Gasteiger partial charge in [-0.15, -0.1) is 0 Å². The summed E-state index contributed by atoms with van der Waals surface area (Å²) in [4.78, 5) is 28.4. The monoisotopic (exact) mass is 533 g/mol. The normalized spacial score (nSPS) is 12.8. The van der Waals surface area contributed by atoms with Crippen LogP contribution in [-0.2, 0) is 26.0 Å². The van der Waals surface area contributed by atoms with E-state index in [2.05, 4.69) is 5.32 Å². The van der Waals surface area contributed by atoms with Crippen molar-refractivity contribution in [1.29, 1.82) is 0 Å². The minimum Gasteiger partial charge on any atom is -0.497 e. The zero-order valence-electron chi connectivity index (χ0n) is 22.6. The number of benzene rings is 2. The molecule has 0 aliphatic carbocycles. The Labute approximate surface area is 220 Å². The molecular weight excluding hydrogens is 494 g/mol. The lowest BCUT2D eigenvalue weighted by Crippen LogP contribution is -2.54. The van der Waals surface area contributed by atoms with Crippen LogP contribution in [0.25, 0.3) is 0 Å². The third-order valence-corrected chi connectivity index (χ3v) is 7.33. The van der Waals surface area contributed by atoms with E-state index in [0.29, 0.717) is 18.6 Å². The molecule has 9 nitrogen and oxygen atoms in total. The lowest BCUT2D eigenvalue weighted by molar-refractivity contribution is -0.139. The SMILES string of the molecule is CC[C@@H](C)NC(=O)[C@@H](CC)N(CCc1ccccc1)C(=O)CN(c1cc(OC)ccc1OC)S(C)(=O)=O. The van der Waals surface area contributed by atoms with Gasteiger partial charge in [-0.05, 0) is 43.9 Å². The van der Waals surface area contributed by atoms with E-state index in [1.807, 2.05) is 51.1 Å². The summed E-state index contributed by atoms with van der Waals surface area (Å²) >= 11 is 0. The summed E-state index contributed by atoms with van der Waals surface area (Å²) in [5.41, 5.74) is 1.18. The van der Waals surface area contributed by atoms with E-state index in [-0.39, 0.29) is 29.9 Å². The van der Waals surface area contributed by atoms with Crippen LogP contribution >= 0.6 is 0 Å². The van der Waals surface area contributed by atoms with Gasteiger partial charge in [0.1, 0.15) is 24.1 Å². The van der Waals surface area contributed by atoms with E-state index >= 15 is 0 Å². The highest BCUT2D eigenvalue weighted by atomic mass is 32.2. The number of sulfonamides is 1. The Kier molecular flexibility index (Phi) is 11.2. The summed E-state index contributed by atoms with van der Waals surface area (Å²) in [5, 5.41) is 2.96. The molecule has 2 amide bonds. The van der Waals surface area contributed by atoms with Gasteiger partial charge < -0.3 is 19.7 Å². The molecule has 0 unspecified atom stereocenters. The van der Waals surface area contributed by atoms with Crippen molar-refractivity contribution in [1.82, 2.24) is 10.2 Å². The smallest absolute Gasteiger partial charge is 0.244 e. The van der Waals surface area contributed by atoms with Crippen LogP contribution in [0.1, 0.15) is 39.2 Å². The van der Waals surface area contributed by atoms with E-state index in [4.69, 9.17) is 9.47 Å². The molecule has 204 valence electrons. The molecule has 0 fully saturated rings. The van der Waals surface area contributed by atoms with Gasteiger partial charge >= 0.3 is 0 Å². The molecule has 0 spiro atoms. The number of hydrogen-bond donors (Lipinski definition) is 1. The van der Waals surface area contributed by atoms with Crippen molar-refractivity contribution in [3.63, 3.8) is 0 Å². The Bertz CT molecular complexity index is 1140. The van der Waals surface area contributed by atoms with Gasteiger partial charge in [0, 0.05) is 18.7 Å². The van der Waals surface area contributed by atoms with Crippen LogP contribution in [0, 0.1) is 0 Å². The van der Waals surface area contributed by atoms with Crippen LogP contribution in [-0.4, -0.2) is 70.8 Å². The number of rotatable bonds is 14. The molecule has 10 heteroatoms. The first kappa shape index (κ1) is 30.0. The number of carbonyl (C=O) groups excluding carboxylic acids is 2. The fraction of sp³-hybridized carbons (Fsp3) is 0.481. The van der Waals surface area contributed by atoms with Crippen molar-refractivity contribution in [3.8, 4) is 11.5 Å². The Morgan fingerprint density at radius 1 is 1.00 bits per heavy atom. The van der Waals surface area contributed by atoms with Gasteiger partial charge in [-0.2, -0.15) is 0 Å². The third-order valence-electron chi connectivity index (χ3n) is 6.21. The Morgan fingerprint density at radius 3 is 2.22 bits per heavy atom. The Hall–Kier alpha value is -3.27. The fourth-order valence-electron chi connectivity index (χ4n) is 3.92. The molecule has 37 heavy (non-hydrogen) atoms. The molecule has 2 aromatic carbocycles. The predicted molar refractivity (Wildman–Crippen MR) is 146 cm³/mol. The molecule has 0 bridgehead atoms. The van der Waals surface area contributed by atoms with Crippen molar-refractivity contribution in [2.24, 2.45) is 0 Å². The van der Waals surface area contributed by atoms with E-state index in [0.717, 1.165) is 22.5 Å². The maximum Gasteiger partial charge on any atom is 0.244 e. The van der Waals surface area contributed by atoms with E-state index in [9.17, 15) is 18.0 Å². The molecule has 1 N–H and O–H groups in total. The highest BCUT2D eigenvalue weighted by Crippen LogP contribution is 2.34. The van der Waals surface area contributed by atoms with Gasteiger partial charge in [0.05, 0.1) is 26.2 Å². The molecule has 0 aliphatic rings. The van der Waals surface area contributed by atoms with Gasteiger partial charge in [0.25, 0.3) is 0 Å². The average Bonchev–Trinajstić information content (AvgIpc) is 2.88. The van der Waals surface area contributed by atoms with Crippen molar-refractivity contribution in [3.05, 3.63) is 54.1 Å². The molecule has 0 aromatic heterocycles. The largest absolute Gasteiger partial charge is 0.497 e. The van der Waals surface area contributed by atoms with E-state index in [1.54, 1.807) is 12.1 Å². The molecule has 2 rings (SSSR count). The maximum atomic E-state index is 13.8. The lowest BCUT2D eigenvalue weighted by Gasteiger charge is -2.33. The van der Waals surface area contributed by atoms with Crippen molar-refractivity contribution in [2.45, 2.75) is 52.1 Å². The molecule has 2 aromatic rings. The summed E-state index contributed by atoms with van der Waals surface area (Å²) in [6.45, 7) is 5.46. The number of methoxy groups -OCH3 is 2. The zero-order chi connectivity index (χ0) is 27.6. The molecule has 0 heterocycles. The summed E-state index contributed by atoms with van der Waals surface area (Å²) < 4.78 is 37.4. The lowest BCUT2D eigenvalue weighted by atomic mass is 10.1. The summed E-state index contributed by atoms with van der Waals surface area (Å²) in [6, 6.07) is 13.6. The van der Waals surface area contributed by atoms with Gasteiger partial charge in [-0.3, -0.25) is 13.9 Å².